The predicted molar refractivity (Wildman–Crippen MR) is 124 cm³/mol. The highest BCUT2D eigenvalue weighted by molar-refractivity contribution is 7.10. The first kappa shape index (κ1) is 21.7. The number of aryl methyl sites for hydroxylation is 1. The summed E-state index contributed by atoms with van der Waals surface area (Å²) in [6, 6.07) is 13.6. The summed E-state index contributed by atoms with van der Waals surface area (Å²) >= 11 is 7.61. The van der Waals surface area contributed by atoms with Gasteiger partial charge in [0.05, 0.1) is 6.42 Å². The van der Waals surface area contributed by atoms with Crippen LogP contribution in [0.2, 0.25) is 5.02 Å². The Hall–Kier alpha value is -2.57. The highest BCUT2D eigenvalue weighted by atomic mass is 35.5. The van der Waals surface area contributed by atoms with Crippen LogP contribution in [-0.2, 0) is 16.0 Å². The van der Waals surface area contributed by atoms with Crippen molar-refractivity contribution in [2.45, 2.75) is 51.1 Å². The van der Waals surface area contributed by atoms with Gasteiger partial charge in [0, 0.05) is 21.6 Å². The lowest BCUT2D eigenvalue weighted by Crippen LogP contribution is -2.46. The van der Waals surface area contributed by atoms with E-state index < -0.39 is 6.04 Å². The van der Waals surface area contributed by atoms with Gasteiger partial charge in [0.2, 0.25) is 5.91 Å². The molecule has 31 heavy (non-hydrogen) atoms. The summed E-state index contributed by atoms with van der Waals surface area (Å²) in [5.41, 5.74) is 0.603. The normalized spacial score (nSPS) is 15.0. The molecule has 1 aliphatic rings. The van der Waals surface area contributed by atoms with Crippen LogP contribution >= 0.6 is 22.9 Å². The van der Waals surface area contributed by atoms with Crippen molar-refractivity contribution in [3.63, 3.8) is 0 Å². The number of nitrogens with zero attached hydrogens (tertiary/aromatic N) is 1. The highest BCUT2D eigenvalue weighted by Gasteiger charge is 2.36. The Balaban J connectivity index is 1.73. The smallest absolute Gasteiger partial charge is 0.251 e. The number of carbonyl (C=O) groups excluding carboxylic acids is 2. The molecule has 0 bridgehead atoms. The van der Waals surface area contributed by atoms with Gasteiger partial charge in [-0.1, -0.05) is 30.5 Å². The van der Waals surface area contributed by atoms with Gasteiger partial charge in [-0.15, -0.1) is 11.3 Å². The molecule has 1 N–H and O–H groups in total. The van der Waals surface area contributed by atoms with E-state index >= 15 is 0 Å². The van der Waals surface area contributed by atoms with E-state index in [9.17, 15) is 9.59 Å². The van der Waals surface area contributed by atoms with Crippen LogP contribution in [0.15, 0.2) is 58.3 Å². The molecule has 0 radical (unpaired) electrons. The van der Waals surface area contributed by atoms with Gasteiger partial charge in [0.25, 0.3) is 5.91 Å². The molecule has 1 fully saturated rings. The number of benzene rings is 1. The van der Waals surface area contributed by atoms with E-state index in [0.717, 1.165) is 30.6 Å². The number of nitrogens with one attached hydrogen (secondary N) is 1. The number of rotatable bonds is 7. The minimum Gasteiger partial charge on any atom is -0.464 e. The molecule has 5 nitrogen and oxygen atoms in total. The van der Waals surface area contributed by atoms with Gasteiger partial charge in [-0.05, 0) is 67.6 Å². The standard InChI is InChI=1S/C24H25ClN2O3S/c1-16-8-13-21(30-16)23(24(29)26-18-5-2-3-6-18)27(19-11-9-17(25)10-12-19)22(28)15-20-7-4-14-31-20/h4,7-14,18,23H,2-3,5-6,15H2,1H3,(H,26,29). The van der Waals surface area contributed by atoms with E-state index in [0.29, 0.717) is 22.2 Å². The summed E-state index contributed by atoms with van der Waals surface area (Å²) in [6.45, 7) is 1.83. The lowest BCUT2D eigenvalue weighted by Gasteiger charge is -2.31. The van der Waals surface area contributed by atoms with Gasteiger partial charge in [-0.25, -0.2) is 0 Å². The Bertz CT molecular complexity index is 1020. The zero-order valence-corrected chi connectivity index (χ0v) is 18.9. The lowest BCUT2D eigenvalue weighted by molar-refractivity contribution is -0.127. The van der Waals surface area contributed by atoms with E-state index in [1.54, 1.807) is 35.2 Å². The molecular weight excluding hydrogens is 432 g/mol. The number of amides is 2. The second-order valence-electron chi connectivity index (χ2n) is 7.84. The van der Waals surface area contributed by atoms with Crippen LogP contribution < -0.4 is 10.2 Å². The Labute approximate surface area is 191 Å². The third-order valence-corrected chi connectivity index (χ3v) is 6.65. The van der Waals surface area contributed by atoms with Crippen molar-refractivity contribution in [2.75, 3.05) is 4.90 Å². The van der Waals surface area contributed by atoms with Crippen molar-refractivity contribution in [3.05, 3.63) is 75.3 Å². The first-order valence-electron chi connectivity index (χ1n) is 10.5. The Morgan fingerprint density at radius 3 is 2.52 bits per heavy atom. The van der Waals surface area contributed by atoms with E-state index in [2.05, 4.69) is 5.32 Å². The quantitative estimate of drug-likeness (QED) is 0.497. The lowest BCUT2D eigenvalue weighted by atomic mass is 10.1. The van der Waals surface area contributed by atoms with Crippen molar-refractivity contribution < 1.29 is 14.0 Å². The molecule has 2 heterocycles. The molecule has 4 rings (SSSR count). The fourth-order valence-electron chi connectivity index (χ4n) is 4.01. The monoisotopic (exact) mass is 456 g/mol. The number of hydrogen-bond acceptors (Lipinski definition) is 4. The highest BCUT2D eigenvalue weighted by Crippen LogP contribution is 2.32. The van der Waals surface area contributed by atoms with E-state index in [-0.39, 0.29) is 24.3 Å². The van der Waals surface area contributed by atoms with Crippen molar-refractivity contribution in [2.24, 2.45) is 0 Å². The molecule has 2 amide bonds. The van der Waals surface area contributed by atoms with Gasteiger partial charge >= 0.3 is 0 Å². The van der Waals surface area contributed by atoms with Crippen LogP contribution in [0.4, 0.5) is 5.69 Å². The van der Waals surface area contributed by atoms with Crippen LogP contribution in [0.1, 0.15) is 48.1 Å². The van der Waals surface area contributed by atoms with Gasteiger partial charge in [0.15, 0.2) is 6.04 Å². The number of carbonyl (C=O) groups is 2. The molecule has 1 aromatic carbocycles. The average molecular weight is 457 g/mol. The van der Waals surface area contributed by atoms with Crippen LogP contribution in [0, 0.1) is 6.92 Å². The van der Waals surface area contributed by atoms with E-state index in [4.69, 9.17) is 16.0 Å². The fourth-order valence-corrected chi connectivity index (χ4v) is 4.83. The predicted octanol–water partition coefficient (Wildman–Crippen LogP) is 5.68. The van der Waals surface area contributed by atoms with Gasteiger partial charge in [-0.3, -0.25) is 14.5 Å². The molecule has 1 atom stereocenters. The molecule has 2 aromatic heterocycles. The Kier molecular flexibility index (Phi) is 6.78. The van der Waals surface area contributed by atoms with Crippen molar-refractivity contribution in [1.29, 1.82) is 0 Å². The molecular formula is C24H25ClN2O3S. The third-order valence-electron chi connectivity index (χ3n) is 5.52. The molecule has 3 aromatic rings. The Morgan fingerprint density at radius 2 is 1.90 bits per heavy atom. The maximum absolute atomic E-state index is 13.5. The fraction of sp³-hybridized carbons (Fsp3) is 0.333. The number of thiophene rings is 1. The molecule has 1 aliphatic carbocycles. The maximum Gasteiger partial charge on any atom is 0.251 e. The first-order valence-corrected chi connectivity index (χ1v) is 11.7. The zero-order chi connectivity index (χ0) is 21.8. The largest absolute Gasteiger partial charge is 0.464 e. The summed E-state index contributed by atoms with van der Waals surface area (Å²) in [5, 5.41) is 5.65. The van der Waals surface area contributed by atoms with Crippen LogP contribution in [0.25, 0.3) is 0 Å². The van der Waals surface area contributed by atoms with Crippen molar-refractivity contribution in [1.82, 2.24) is 5.32 Å². The second kappa shape index (κ2) is 9.71. The molecule has 162 valence electrons. The molecule has 7 heteroatoms. The van der Waals surface area contributed by atoms with E-state index in [1.807, 2.05) is 30.5 Å². The summed E-state index contributed by atoms with van der Waals surface area (Å²) in [5.74, 6) is 0.735. The zero-order valence-electron chi connectivity index (χ0n) is 17.3. The van der Waals surface area contributed by atoms with Gasteiger partial charge < -0.3 is 9.73 Å². The third kappa shape index (κ3) is 5.20. The van der Waals surface area contributed by atoms with Crippen LogP contribution in [0.5, 0.6) is 0 Å². The molecule has 1 saturated carbocycles. The van der Waals surface area contributed by atoms with Crippen LogP contribution in [0.3, 0.4) is 0 Å². The van der Waals surface area contributed by atoms with E-state index in [1.165, 1.54) is 11.3 Å². The van der Waals surface area contributed by atoms with Crippen molar-refractivity contribution in [3.8, 4) is 0 Å². The molecule has 0 spiro atoms. The average Bonchev–Trinajstić information content (AvgIpc) is 3.51. The maximum atomic E-state index is 13.5. The molecule has 1 unspecified atom stereocenters. The summed E-state index contributed by atoms with van der Waals surface area (Å²) in [4.78, 5) is 29.5. The first-order chi connectivity index (χ1) is 15.0. The minimum absolute atomic E-state index is 0.130. The minimum atomic E-state index is -0.900. The molecule has 0 aliphatic heterocycles. The second-order valence-corrected chi connectivity index (χ2v) is 9.31. The molecule has 0 saturated heterocycles. The van der Waals surface area contributed by atoms with Gasteiger partial charge in [-0.2, -0.15) is 0 Å². The number of furan rings is 1. The summed E-state index contributed by atoms with van der Waals surface area (Å²) in [7, 11) is 0. The number of hydrogen-bond donors (Lipinski definition) is 1. The SMILES string of the molecule is Cc1ccc(C(C(=O)NC2CCCC2)N(C(=O)Cc2cccs2)c2ccc(Cl)cc2)o1. The topological polar surface area (TPSA) is 62.6 Å². The Morgan fingerprint density at radius 1 is 1.16 bits per heavy atom. The van der Waals surface area contributed by atoms with Crippen molar-refractivity contribution >= 4 is 40.4 Å². The number of halogens is 1. The van der Waals surface area contributed by atoms with Crippen LogP contribution in [-0.4, -0.2) is 17.9 Å². The number of anilines is 1. The van der Waals surface area contributed by atoms with Gasteiger partial charge in [0.1, 0.15) is 11.5 Å². The summed E-state index contributed by atoms with van der Waals surface area (Å²) in [6.07, 6.45) is 4.33. The summed E-state index contributed by atoms with van der Waals surface area (Å²) < 4.78 is 5.86.